The fraction of sp³-hybridized carbons (Fsp3) is 0.0625. The second kappa shape index (κ2) is 5.87. The van der Waals surface area contributed by atoms with E-state index in [4.69, 9.17) is 9.84 Å². The molecule has 0 saturated carbocycles. The molecule has 19 heavy (non-hydrogen) atoms. The van der Waals surface area contributed by atoms with Crippen LogP contribution < -0.4 is 4.74 Å². The Bertz CT molecular complexity index is 580. The molecule has 0 amide bonds. The standard InChI is InChI=1S/C16H14O3/c1-12-2-7-14(8-3-12)19-15-9-4-13(5-10-15)6-11-16(17)18/h2-11H,1H3,(H,17,18)/b11-6+. The Morgan fingerprint density at radius 1 is 1.00 bits per heavy atom. The van der Waals surface area contributed by atoms with Gasteiger partial charge in [0.2, 0.25) is 0 Å². The molecule has 96 valence electrons. The lowest BCUT2D eigenvalue weighted by Crippen LogP contribution is -1.86. The summed E-state index contributed by atoms with van der Waals surface area (Å²) in [4.78, 5) is 10.4. The molecule has 2 aromatic rings. The maximum absolute atomic E-state index is 10.4. The molecule has 0 spiro atoms. The van der Waals surface area contributed by atoms with E-state index in [1.165, 1.54) is 11.6 Å². The number of ether oxygens (including phenoxy) is 1. The summed E-state index contributed by atoms with van der Waals surface area (Å²) in [6, 6.07) is 15.0. The third kappa shape index (κ3) is 4.00. The minimum atomic E-state index is -0.958. The number of hydrogen-bond acceptors (Lipinski definition) is 2. The molecule has 0 bridgehead atoms. The molecule has 0 aliphatic carbocycles. The lowest BCUT2D eigenvalue weighted by Gasteiger charge is -2.06. The topological polar surface area (TPSA) is 46.5 Å². The maximum atomic E-state index is 10.4. The number of rotatable bonds is 4. The Kier molecular flexibility index (Phi) is 3.98. The quantitative estimate of drug-likeness (QED) is 0.842. The number of aryl methyl sites for hydroxylation is 1. The van der Waals surface area contributed by atoms with Crippen LogP contribution in [0.3, 0.4) is 0 Å². The zero-order chi connectivity index (χ0) is 13.7. The van der Waals surface area contributed by atoms with Crippen molar-refractivity contribution in [2.45, 2.75) is 6.92 Å². The number of benzene rings is 2. The van der Waals surface area contributed by atoms with E-state index >= 15 is 0 Å². The Hall–Kier alpha value is -2.55. The molecule has 0 radical (unpaired) electrons. The van der Waals surface area contributed by atoms with E-state index in [0.29, 0.717) is 0 Å². The summed E-state index contributed by atoms with van der Waals surface area (Å²) < 4.78 is 5.67. The largest absolute Gasteiger partial charge is 0.478 e. The monoisotopic (exact) mass is 254 g/mol. The molecule has 0 aliphatic rings. The molecular weight excluding hydrogens is 240 g/mol. The van der Waals surface area contributed by atoms with Gasteiger partial charge in [-0.1, -0.05) is 29.8 Å². The van der Waals surface area contributed by atoms with Gasteiger partial charge in [-0.15, -0.1) is 0 Å². The molecule has 3 nitrogen and oxygen atoms in total. The Balaban J connectivity index is 2.06. The van der Waals surface area contributed by atoms with Crippen LogP contribution in [0, 0.1) is 6.92 Å². The van der Waals surface area contributed by atoms with Crippen molar-refractivity contribution in [3.63, 3.8) is 0 Å². The van der Waals surface area contributed by atoms with Crippen LogP contribution >= 0.6 is 0 Å². The first kappa shape index (κ1) is 12.9. The first-order chi connectivity index (χ1) is 9.13. The minimum Gasteiger partial charge on any atom is -0.478 e. The fourth-order valence-corrected chi connectivity index (χ4v) is 1.56. The van der Waals surface area contributed by atoms with Crippen LogP contribution in [0.1, 0.15) is 11.1 Å². The third-order valence-electron chi connectivity index (χ3n) is 2.56. The van der Waals surface area contributed by atoms with Crippen LogP contribution in [0.25, 0.3) is 6.08 Å². The Morgan fingerprint density at radius 3 is 2.05 bits per heavy atom. The zero-order valence-electron chi connectivity index (χ0n) is 10.5. The molecule has 1 N–H and O–H groups in total. The van der Waals surface area contributed by atoms with E-state index in [2.05, 4.69) is 0 Å². The lowest BCUT2D eigenvalue weighted by molar-refractivity contribution is -0.131. The summed E-state index contributed by atoms with van der Waals surface area (Å²) in [6.45, 7) is 2.02. The van der Waals surface area contributed by atoms with Crippen molar-refractivity contribution >= 4 is 12.0 Å². The van der Waals surface area contributed by atoms with Crippen molar-refractivity contribution in [3.8, 4) is 11.5 Å². The maximum Gasteiger partial charge on any atom is 0.328 e. The lowest BCUT2D eigenvalue weighted by atomic mass is 10.2. The summed E-state index contributed by atoms with van der Waals surface area (Å²) >= 11 is 0. The van der Waals surface area contributed by atoms with Gasteiger partial charge in [-0.05, 0) is 42.8 Å². The highest BCUT2D eigenvalue weighted by atomic mass is 16.5. The number of hydrogen-bond donors (Lipinski definition) is 1. The van der Waals surface area contributed by atoms with Crippen LogP contribution in [-0.2, 0) is 4.79 Å². The van der Waals surface area contributed by atoms with Crippen LogP contribution in [0.4, 0.5) is 0 Å². The van der Waals surface area contributed by atoms with E-state index in [1.54, 1.807) is 12.1 Å². The van der Waals surface area contributed by atoms with Crippen molar-refractivity contribution in [2.24, 2.45) is 0 Å². The van der Waals surface area contributed by atoms with Gasteiger partial charge < -0.3 is 9.84 Å². The Labute approximate surface area is 111 Å². The number of carboxylic acids is 1. The van der Waals surface area contributed by atoms with Gasteiger partial charge in [0.05, 0.1) is 0 Å². The molecule has 3 heteroatoms. The van der Waals surface area contributed by atoms with Crippen molar-refractivity contribution in [3.05, 3.63) is 65.7 Å². The predicted octanol–water partition coefficient (Wildman–Crippen LogP) is 3.89. The second-order valence-corrected chi connectivity index (χ2v) is 4.16. The van der Waals surface area contributed by atoms with Gasteiger partial charge >= 0.3 is 5.97 Å². The molecule has 2 rings (SSSR count). The summed E-state index contributed by atoms with van der Waals surface area (Å²) in [7, 11) is 0. The van der Waals surface area contributed by atoms with Gasteiger partial charge in [0.25, 0.3) is 0 Å². The average Bonchev–Trinajstić information content (AvgIpc) is 2.40. The SMILES string of the molecule is Cc1ccc(Oc2ccc(/C=C/C(=O)O)cc2)cc1. The number of carboxylic acid groups (broad SMARTS) is 1. The Morgan fingerprint density at radius 2 is 1.53 bits per heavy atom. The molecule has 0 atom stereocenters. The highest BCUT2D eigenvalue weighted by Gasteiger charge is 1.97. The van der Waals surface area contributed by atoms with Crippen molar-refractivity contribution in [1.82, 2.24) is 0 Å². The molecule has 0 heterocycles. The van der Waals surface area contributed by atoms with Crippen LogP contribution in [0.2, 0.25) is 0 Å². The highest BCUT2D eigenvalue weighted by molar-refractivity contribution is 5.85. The van der Waals surface area contributed by atoms with Crippen LogP contribution in [0.15, 0.2) is 54.6 Å². The van der Waals surface area contributed by atoms with Gasteiger partial charge in [0, 0.05) is 6.08 Å². The molecule has 2 aromatic carbocycles. The first-order valence-corrected chi connectivity index (χ1v) is 5.89. The predicted molar refractivity (Wildman–Crippen MR) is 74.4 cm³/mol. The van der Waals surface area contributed by atoms with Crippen LogP contribution in [0.5, 0.6) is 11.5 Å². The smallest absolute Gasteiger partial charge is 0.328 e. The zero-order valence-corrected chi connectivity index (χ0v) is 10.5. The summed E-state index contributed by atoms with van der Waals surface area (Å²) in [5, 5.41) is 8.54. The van der Waals surface area contributed by atoms with E-state index in [1.807, 2.05) is 43.3 Å². The highest BCUT2D eigenvalue weighted by Crippen LogP contribution is 2.22. The van der Waals surface area contributed by atoms with Crippen molar-refractivity contribution in [1.29, 1.82) is 0 Å². The van der Waals surface area contributed by atoms with Gasteiger partial charge in [-0.2, -0.15) is 0 Å². The van der Waals surface area contributed by atoms with E-state index in [-0.39, 0.29) is 0 Å². The molecular formula is C16H14O3. The van der Waals surface area contributed by atoms with E-state index < -0.39 is 5.97 Å². The van der Waals surface area contributed by atoms with Crippen molar-refractivity contribution in [2.75, 3.05) is 0 Å². The van der Waals surface area contributed by atoms with E-state index in [0.717, 1.165) is 23.1 Å². The summed E-state index contributed by atoms with van der Waals surface area (Å²) in [5.41, 5.74) is 2.00. The number of aliphatic carboxylic acids is 1. The van der Waals surface area contributed by atoms with Gasteiger partial charge in [-0.3, -0.25) is 0 Å². The second-order valence-electron chi connectivity index (χ2n) is 4.16. The van der Waals surface area contributed by atoms with E-state index in [9.17, 15) is 4.79 Å². The first-order valence-electron chi connectivity index (χ1n) is 5.89. The molecule has 0 unspecified atom stereocenters. The average molecular weight is 254 g/mol. The minimum absolute atomic E-state index is 0.719. The fourth-order valence-electron chi connectivity index (χ4n) is 1.56. The van der Waals surface area contributed by atoms with Crippen molar-refractivity contribution < 1.29 is 14.6 Å². The molecule has 0 aliphatic heterocycles. The normalized spacial score (nSPS) is 10.6. The molecule has 0 aromatic heterocycles. The molecule has 0 saturated heterocycles. The van der Waals surface area contributed by atoms with Crippen LogP contribution in [-0.4, -0.2) is 11.1 Å². The van der Waals surface area contributed by atoms with Gasteiger partial charge in [0.15, 0.2) is 0 Å². The number of carbonyl (C=O) groups is 1. The summed E-state index contributed by atoms with van der Waals surface area (Å²) in [6.07, 6.45) is 2.65. The summed E-state index contributed by atoms with van der Waals surface area (Å²) in [5.74, 6) is 0.538. The third-order valence-corrected chi connectivity index (χ3v) is 2.56. The van der Waals surface area contributed by atoms with Gasteiger partial charge in [-0.25, -0.2) is 4.79 Å². The van der Waals surface area contributed by atoms with Gasteiger partial charge in [0.1, 0.15) is 11.5 Å². The molecule has 0 fully saturated rings.